The van der Waals surface area contributed by atoms with E-state index in [1.807, 2.05) is 0 Å². The summed E-state index contributed by atoms with van der Waals surface area (Å²) in [5.74, 6) is 0.248. The number of para-hydroxylation sites is 1. The Kier molecular flexibility index (Phi) is 4.27. The molecule has 0 unspecified atom stereocenters. The first-order valence-electron chi connectivity index (χ1n) is 8.60. The summed E-state index contributed by atoms with van der Waals surface area (Å²) in [4.78, 5) is 8.81. The second-order valence-corrected chi connectivity index (χ2v) is 7.00. The number of nitrogens with zero attached hydrogens (tertiary/aromatic N) is 3. The Morgan fingerprint density at radius 2 is 2.08 bits per heavy atom. The van der Waals surface area contributed by atoms with E-state index in [1.54, 1.807) is 12.1 Å². The summed E-state index contributed by atoms with van der Waals surface area (Å²) in [5, 5.41) is 0. The maximum atomic E-state index is 13.8. The molecule has 130 valence electrons. The second kappa shape index (κ2) is 6.58. The molecular formula is C20H22FN3O. The minimum absolute atomic E-state index is 0.322. The van der Waals surface area contributed by atoms with Crippen LogP contribution < -0.4 is 0 Å². The third-order valence-corrected chi connectivity index (χ3v) is 4.63. The largest absolute Gasteiger partial charge is 0.439 e. The first-order valence-corrected chi connectivity index (χ1v) is 8.60. The van der Waals surface area contributed by atoms with Crippen LogP contribution in [0.15, 0.2) is 40.8 Å². The molecule has 0 fully saturated rings. The van der Waals surface area contributed by atoms with E-state index in [1.165, 1.54) is 22.8 Å². The SMILES string of the molecule is CN(C)Cc1ccc2c(c1)CCN(Cc1nc3c(F)cccc3o1)C2. The smallest absolute Gasteiger partial charge is 0.209 e. The molecule has 3 aromatic rings. The molecule has 2 aromatic carbocycles. The highest BCUT2D eigenvalue weighted by atomic mass is 19.1. The van der Waals surface area contributed by atoms with Crippen LogP contribution in [0, 0.1) is 5.82 Å². The first-order chi connectivity index (χ1) is 12.1. The minimum atomic E-state index is -0.329. The van der Waals surface area contributed by atoms with E-state index in [-0.39, 0.29) is 5.82 Å². The minimum Gasteiger partial charge on any atom is -0.439 e. The van der Waals surface area contributed by atoms with Crippen molar-refractivity contribution in [2.24, 2.45) is 0 Å². The van der Waals surface area contributed by atoms with Gasteiger partial charge in [-0.2, -0.15) is 0 Å². The number of halogens is 1. The Hall–Kier alpha value is -2.24. The van der Waals surface area contributed by atoms with E-state index < -0.39 is 0 Å². The topological polar surface area (TPSA) is 32.5 Å². The zero-order chi connectivity index (χ0) is 17.4. The lowest BCUT2D eigenvalue weighted by Crippen LogP contribution is -2.30. The van der Waals surface area contributed by atoms with E-state index in [0.717, 1.165) is 26.1 Å². The van der Waals surface area contributed by atoms with Crippen molar-refractivity contribution in [3.63, 3.8) is 0 Å². The fourth-order valence-electron chi connectivity index (χ4n) is 3.48. The van der Waals surface area contributed by atoms with Gasteiger partial charge in [0.2, 0.25) is 5.89 Å². The summed E-state index contributed by atoms with van der Waals surface area (Å²) >= 11 is 0. The van der Waals surface area contributed by atoms with Crippen molar-refractivity contribution in [1.29, 1.82) is 0 Å². The van der Waals surface area contributed by atoms with Crippen molar-refractivity contribution in [2.45, 2.75) is 26.1 Å². The normalized spacial score (nSPS) is 15.0. The average molecular weight is 339 g/mol. The molecule has 1 aromatic heterocycles. The highest BCUT2D eigenvalue weighted by molar-refractivity contribution is 5.72. The summed E-state index contributed by atoms with van der Waals surface area (Å²) in [6.45, 7) is 3.40. The molecule has 0 saturated carbocycles. The van der Waals surface area contributed by atoms with Crippen molar-refractivity contribution in [1.82, 2.24) is 14.8 Å². The predicted octanol–water partition coefficient (Wildman–Crippen LogP) is 3.59. The molecule has 4 nitrogen and oxygen atoms in total. The molecule has 0 bridgehead atoms. The zero-order valence-electron chi connectivity index (χ0n) is 14.6. The van der Waals surface area contributed by atoms with Gasteiger partial charge in [0.05, 0.1) is 6.54 Å². The summed E-state index contributed by atoms with van der Waals surface area (Å²) < 4.78 is 19.5. The van der Waals surface area contributed by atoms with Gasteiger partial charge in [-0.05, 0) is 49.3 Å². The quantitative estimate of drug-likeness (QED) is 0.727. The van der Waals surface area contributed by atoms with Crippen molar-refractivity contribution in [3.8, 4) is 0 Å². The molecule has 0 spiro atoms. The van der Waals surface area contributed by atoms with E-state index >= 15 is 0 Å². The second-order valence-electron chi connectivity index (χ2n) is 7.00. The highest BCUT2D eigenvalue weighted by Gasteiger charge is 2.19. The summed E-state index contributed by atoms with van der Waals surface area (Å²) in [5.41, 5.74) is 4.98. The lowest BCUT2D eigenvalue weighted by Gasteiger charge is -2.28. The Morgan fingerprint density at radius 3 is 2.88 bits per heavy atom. The van der Waals surface area contributed by atoms with Crippen LogP contribution in [0.2, 0.25) is 0 Å². The van der Waals surface area contributed by atoms with Gasteiger partial charge in [0.1, 0.15) is 5.52 Å². The Bertz CT molecular complexity index is 903. The van der Waals surface area contributed by atoms with Crippen LogP contribution in [0.3, 0.4) is 0 Å². The van der Waals surface area contributed by atoms with Gasteiger partial charge in [-0.25, -0.2) is 9.37 Å². The lowest BCUT2D eigenvalue weighted by atomic mass is 9.97. The molecule has 0 N–H and O–H groups in total. The molecule has 0 amide bonds. The van der Waals surface area contributed by atoms with Crippen LogP contribution in [0.1, 0.15) is 22.6 Å². The molecule has 1 aliphatic heterocycles. The number of rotatable bonds is 4. The monoisotopic (exact) mass is 339 g/mol. The van der Waals surface area contributed by atoms with Crippen LogP contribution in [0.5, 0.6) is 0 Å². The van der Waals surface area contributed by atoms with Crippen molar-refractivity contribution in [2.75, 3.05) is 20.6 Å². The Labute approximate surface area is 146 Å². The summed E-state index contributed by atoms with van der Waals surface area (Å²) in [6, 6.07) is 11.6. The fourth-order valence-corrected chi connectivity index (χ4v) is 3.48. The van der Waals surface area contributed by atoms with Gasteiger partial charge in [0.15, 0.2) is 11.4 Å². The highest BCUT2D eigenvalue weighted by Crippen LogP contribution is 2.24. The molecule has 0 aliphatic carbocycles. The van der Waals surface area contributed by atoms with Crippen molar-refractivity contribution in [3.05, 3.63) is 64.8 Å². The fraction of sp³-hybridized carbons (Fsp3) is 0.350. The van der Waals surface area contributed by atoms with Gasteiger partial charge in [-0.3, -0.25) is 4.90 Å². The van der Waals surface area contributed by atoms with Gasteiger partial charge in [0, 0.05) is 19.6 Å². The van der Waals surface area contributed by atoms with E-state index in [4.69, 9.17) is 4.42 Å². The molecule has 0 saturated heterocycles. The maximum Gasteiger partial charge on any atom is 0.209 e. The number of hydrogen-bond donors (Lipinski definition) is 0. The molecule has 4 rings (SSSR count). The van der Waals surface area contributed by atoms with Gasteiger partial charge < -0.3 is 9.32 Å². The van der Waals surface area contributed by atoms with Gasteiger partial charge in [0.25, 0.3) is 0 Å². The Morgan fingerprint density at radius 1 is 1.20 bits per heavy atom. The molecular weight excluding hydrogens is 317 g/mol. The molecule has 1 aliphatic rings. The van der Waals surface area contributed by atoms with Gasteiger partial charge >= 0.3 is 0 Å². The summed E-state index contributed by atoms with van der Waals surface area (Å²) in [6.07, 6.45) is 1.02. The maximum absolute atomic E-state index is 13.8. The zero-order valence-corrected chi connectivity index (χ0v) is 14.6. The standard InChI is InChI=1S/C20H22FN3O/c1-23(2)11-14-6-7-16-12-24(9-8-15(16)10-14)13-19-22-20-17(21)4-3-5-18(20)25-19/h3-7,10H,8-9,11-13H2,1-2H3. The molecule has 2 heterocycles. The van der Waals surface area contributed by atoms with Gasteiger partial charge in [-0.1, -0.05) is 24.3 Å². The first kappa shape index (κ1) is 16.2. The summed E-state index contributed by atoms with van der Waals surface area (Å²) in [7, 11) is 4.18. The van der Waals surface area contributed by atoms with Crippen LogP contribution in [0.25, 0.3) is 11.1 Å². The van der Waals surface area contributed by atoms with Gasteiger partial charge in [-0.15, -0.1) is 0 Å². The molecule has 0 radical (unpaired) electrons. The number of hydrogen-bond acceptors (Lipinski definition) is 4. The number of fused-ring (bicyclic) bond motifs is 2. The third kappa shape index (κ3) is 3.43. The Balaban J connectivity index is 1.49. The van der Waals surface area contributed by atoms with Crippen molar-refractivity contribution >= 4 is 11.1 Å². The van der Waals surface area contributed by atoms with Crippen LogP contribution in [-0.2, 0) is 26.1 Å². The molecule has 0 atom stereocenters. The lowest BCUT2D eigenvalue weighted by molar-refractivity contribution is 0.223. The van der Waals surface area contributed by atoms with E-state index in [0.29, 0.717) is 23.5 Å². The van der Waals surface area contributed by atoms with E-state index in [2.05, 4.69) is 47.1 Å². The molecule has 5 heteroatoms. The predicted molar refractivity (Wildman–Crippen MR) is 95.6 cm³/mol. The third-order valence-electron chi connectivity index (χ3n) is 4.63. The number of benzene rings is 2. The van der Waals surface area contributed by atoms with Crippen LogP contribution in [0.4, 0.5) is 4.39 Å². The number of aromatic nitrogens is 1. The van der Waals surface area contributed by atoms with Crippen molar-refractivity contribution < 1.29 is 8.81 Å². The van der Waals surface area contributed by atoms with E-state index in [9.17, 15) is 4.39 Å². The number of oxazole rings is 1. The molecule has 25 heavy (non-hydrogen) atoms. The average Bonchev–Trinajstić information content (AvgIpc) is 2.98. The van der Waals surface area contributed by atoms with Crippen LogP contribution >= 0.6 is 0 Å². The van der Waals surface area contributed by atoms with Crippen LogP contribution in [-0.4, -0.2) is 35.4 Å².